The standard InChI is InChI=1S/C19H29N3O4/c1-13(2)17(18(24)20-14-9-7-5-4-6-8-10-14)26-19(25)15-11-12-16(23)22(3)21-15/h11-14,17H,4-10H2,1-3H3,(H,20,24)/t17-/m0/s1. The number of ether oxygens (including phenoxy) is 1. The van der Waals surface area contributed by atoms with Gasteiger partial charge in [0.2, 0.25) is 0 Å². The van der Waals surface area contributed by atoms with Gasteiger partial charge in [0.05, 0.1) is 0 Å². The zero-order valence-corrected chi connectivity index (χ0v) is 15.9. The van der Waals surface area contributed by atoms with Crippen LogP contribution in [-0.4, -0.2) is 33.8 Å². The molecule has 1 aliphatic rings. The smallest absolute Gasteiger partial charge is 0.359 e. The van der Waals surface area contributed by atoms with Crippen LogP contribution in [0.4, 0.5) is 0 Å². The normalized spacial score (nSPS) is 17.2. The van der Waals surface area contributed by atoms with Crippen molar-refractivity contribution < 1.29 is 14.3 Å². The van der Waals surface area contributed by atoms with E-state index in [4.69, 9.17) is 4.74 Å². The molecule has 0 bridgehead atoms. The molecular weight excluding hydrogens is 334 g/mol. The van der Waals surface area contributed by atoms with E-state index < -0.39 is 12.1 Å². The van der Waals surface area contributed by atoms with Crippen LogP contribution in [0.1, 0.15) is 69.3 Å². The summed E-state index contributed by atoms with van der Waals surface area (Å²) in [4.78, 5) is 36.4. The monoisotopic (exact) mass is 363 g/mol. The van der Waals surface area contributed by atoms with Crippen molar-refractivity contribution in [1.82, 2.24) is 15.1 Å². The van der Waals surface area contributed by atoms with E-state index in [0.29, 0.717) is 0 Å². The van der Waals surface area contributed by atoms with Crippen LogP contribution in [0.3, 0.4) is 0 Å². The fourth-order valence-corrected chi connectivity index (χ4v) is 3.16. The zero-order valence-electron chi connectivity index (χ0n) is 15.9. The lowest BCUT2D eigenvalue weighted by Crippen LogP contribution is -2.45. The van der Waals surface area contributed by atoms with Crippen LogP contribution < -0.4 is 10.9 Å². The SMILES string of the molecule is CC(C)[C@H](OC(=O)c1ccc(=O)n(C)n1)C(=O)NC1CCCCCCC1. The topological polar surface area (TPSA) is 90.3 Å². The molecule has 7 heteroatoms. The van der Waals surface area contributed by atoms with Crippen molar-refractivity contribution >= 4 is 11.9 Å². The lowest BCUT2D eigenvalue weighted by molar-refractivity contribution is -0.133. The summed E-state index contributed by atoms with van der Waals surface area (Å²) in [5.41, 5.74) is -0.305. The van der Waals surface area contributed by atoms with Crippen molar-refractivity contribution in [3.8, 4) is 0 Å². The Morgan fingerprint density at radius 1 is 1.15 bits per heavy atom. The Hall–Kier alpha value is -2.18. The number of hydrogen-bond acceptors (Lipinski definition) is 5. The van der Waals surface area contributed by atoms with Crippen molar-refractivity contribution in [2.45, 2.75) is 70.9 Å². The largest absolute Gasteiger partial charge is 0.447 e. The molecule has 1 saturated carbocycles. The Morgan fingerprint density at radius 3 is 2.35 bits per heavy atom. The summed E-state index contributed by atoms with van der Waals surface area (Å²) in [6, 6.07) is 2.70. The van der Waals surface area contributed by atoms with Gasteiger partial charge in [-0.05, 0) is 24.8 Å². The molecule has 1 N–H and O–H groups in total. The third-order valence-corrected chi connectivity index (χ3v) is 4.72. The van der Waals surface area contributed by atoms with Crippen molar-refractivity contribution in [3.05, 3.63) is 28.2 Å². The van der Waals surface area contributed by atoms with Gasteiger partial charge in [-0.1, -0.05) is 46.0 Å². The summed E-state index contributed by atoms with van der Waals surface area (Å²) < 4.78 is 6.49. The van der Waals surface area contributed by atoms with Gasteiger partial charge < -0.3 is 10.1 Å². The van der Waals surface area contributed by atoms with Gasteiger partial charge in [0.15, 0.2) is 11.8 Å². The number of aryl methyl sites for hydroxylation is 1. The van der Waals surface area contributed by atoms with Crippen LogP contribution in [0, 0.1) is 5.92 Å². The van der Waals surface area contributed by atoms with E-state index in [1.165, 1.54) is 38.4 Å². The molecule has 0 unspecified atom stereocenters. The summed E-state index contributed by atoms with van der Waals surface area (Å²) in [7, 11) is 1.46. The number of aromatic nitrogens is 2. The maximum Gasteiger partial charge on any atom is 0.359 e. The van der Waals surface area contributed by atoms with Gasteiger partial charge in [0.25, 0.3) is 11.5 Å². The number of carbonyl (C=O) groups is 2. The van der Waals surface area contributed by atoms with Crippen molar-refractivity contribution in [3.63, 3.8) is 0 Å². The third kappa shape index (κ3) is 5.68. The number of amides is 1. The molecular formula is C19H29N3O4. The predicted molar refractivity (Wildman–Crippen MR) is 97.8 cm³/mol. The Morgan fingerprint density at radius 2 is 1.77 bits per heavy atom. The van der Waals surface area contributed by atoms with Crippen LogP contribution in [-0.2, 0) is 16.6 Å². The number of hydrogen-bond donors (Lipinski definition) is 1. The molecule has 144 valence electrons. The molecule has 0 saturated heterocycles. The second-order valence-electron chi connectivity index (χ2n) is 7.30. The van der Waals surface area contributed by atoms with Crippen molar-refractivity contribution in [2.24, 2.45) is 13.0 Å². The van der Waals surface area contributed by atoms with E-state index in [9.17, 15) is 14.4 Å². The first-order valence-corrected chi connectivity index (χ1v) is 9.44. The van der Waals surface area contributed by atoms with E-state index in [-0.39, 0.29) is 29.1 Å². The van der Waals surface area contributed by atoms with Gasteiger partial charge >= 0.3 is 5.97 Å². The molecule has 0 aliphatic heterocycles. The van der Waals surface area contributed by atoms with Gasteiger partial charge in [-0.2, -0.15) is 5.10 Å². The summed E-state index contributed by atoms with van der Waals surface area (Å²) in [6.45, 7) is 3.67. The minimum absolute atomic E-state index is 0.0107. The molecule has 1 aromatic rings. The fourth-order valence-electron chi connectivity index (χ4n) is 3.16. The number of esters is 1. The van der Waals surface area contributed by atoms with Crippen LogP contribution in [0.5, 0.6) is 0 Å². The highest BCUT2D eigenvalue weighted by Gasteiger charge is 2.29. The molecule has 2 rings (SSSR count). The number of rotatable bonds is 5. The van der Waals surface area contributed by atoms with Crippen LogP contribution in [0.25, 0.3) is 0 Å². The number of carbonyl (C=O) groups excluding carboxylic acids is 2. The Kier molecular flexibility index (Phi) is 7.36. The lowest BCUT2D eigenvalue weighted by atomic mass is 9.96. The number of nitrogens with zero attached hydrogens (tertiary/aromatic N) is 2. The van der Waals surface area contributed by atoms with Crippen LogP contribution >= 0.6 is 0 Å². The van der Waals surface area contributed by atoms with Gasteiger partial charge in [-0.3, -0.25) is 9.59 Å². The summed E-state index contributed by atoms with van der Waals surface area (Å²) in [5, 5.41) is 6.93. The molecule has 1 amide bonds. The van der Waals surface area contributed by atoms with Crippen LogP contribution in [0.2, 0.25) is 0 Å². The Labute approximate surface area is 154 Å². The van der Waals surface area contributed by atoms with E-state index >= 15 is 0 Å². The maximum absolute atomic E-state index is 12.7. The first-order valence-electron chi connectivity index (χ1n) is 9.44. The highest BCUT2D eigenvalue weighted by molar-refractivity contribution is 5.90. The Balaban J connectivity index is 2.02. The molecule has 1 atom stereocenters. The molecule has 1 aromatic heterocycles. The molecule has 1 heterocycles. The van der Waals surface area contributed by atoms with Gasteiger partial charge in [0.1, 0.15) is 0 Å². The third-order valence-electron chi connectivity index (χ3n) is 4.72. The molecule has 1 aliphatic carbocycles. The minimum atomic E-state index is -0.882. The van der Waals surface area contributed by atoms with E-state index in [0.717, 1.165) is 30.4 Å². The second-order valence-corrected chi connectivity index (χ2v) is 7.30. The predicted octanol–water partition coefficient (Wildman–Crippen LogP) is 2.19. The molecule has 0 radical (unpaired) electrons. The van der Waals surface area contributed by atoms with E-state index in [1.54, 1.807) is 0 Å². The Bertz CT molecular complexity index is 676. The molecule has 0 spiro atoms. The fraction of sp³-hybridized carbons (Fsp3) is 0.684. The maximum atomic E-state index is 12.7. The first-order chi connectivity index (χ1) is 12.4. The summed E-state index contributed by atoms with van der Waals surface area (Å²) in [6.07, 6.45) is 6.94. The quantitative estimate of drug-likeness (QED) is 0.810. The average Bonchev–Trinajstić information content (AvgIpc) is 2.56. The molecule has 0 aromatic carbocycles. The van der Waals surface area contributed by atoms with Crippen LogP contribution in [0.15, 0.2) is 16.9 Å². The van der Waals surface area contributed by atoms with Gasteiger partial charge in [0, 0.05) is 19.2 Å². The van der Waals surface area contributed by atoms with E-state index in [2.05, 4.69) is 10.4 Å². The molecule has 7 nitrogen and oxygen atoms in total. The van der Waals surface area contributed by atoms with E-state index in [1.807, 2.05) is 13.8 Å². The summed E-state index contributed by atoms with van der Waals surface area (Å²) in [5.74, 6) is -1.13. The van der Waals surface area contributed by atoms with Crippen molar-refractivity contribution in [2.75, 3.05) is 0 Å². The zero-order chi connectivity index (χ0) is 19.1. The highest BCUT2D eigenvalue weighted by Crippen LogP contribution is 2.18. The average molecular weight is 363 g/mol. The number of nitrogens with one attached hydrogen (secondary N) is 1. The highest BCUT2D eigenvalue weighted by atomic mass is 16.5. The van der Waals surface area contributed by atoms with Gasteiger partial charge in [-0.25, -0.2) is 9.48 Å². The second kappa shape index (κ2) is 9.50. The minimum Gasteiger partial charge on any atom is -0.447 e. The lowest BCUT2D eigenvalue weighted by Gasteiger charge is -2.25. The van der Waals surface area contributed by atoms with Gasteiger partial charge in [-0.15, -0.1) is 0 Å². The van der Waals surface area contributed by atoms with Crippen molar-refractivity contribution in [1.29, 1.82) is 0 Å². The first kappa shape index (κ1) is 20.1. The summed E-state index contributed by atoms with van der Waals surface area (Å²) >= 11 is 0. The molecule has 1 fully saturated rings. The molecule has 26 heavy (non-hydrogen) atoms.